The largest absolute Gasteiger partial charge is 0.324 e. The minimum Gasteiger partial charge on any atom is -0.324 e. The van der Waals surface area contributed by atoms with Gasteiger partial charge < -0.3 is 9.88 Å². The third-order valence-electron chi connectivity index (χ3n) is 5.38. The highest BCUT2D eigenvalue weighted by Crippen LogP contribution is 2.36. The number of carbonyl (C=O) groups is 1. The average Bonchev–Trinajstić information content (AvgIpc) is 3.08. The zero-order valence-electron chi connectivity index (χ0n) is 16.5. The van der Waals surface area contributed by atoms with Crippen LogP contribution in [0.15, 0.2) is 77.7 Å². The van der Waals surface area contributed by atoms with Crippen molar-refractivity contribution in [1.82, 2.24) is 14.0 Å². The molecule has 3 aromatic heterocycles. The van der Waals surface area contributed by atoms with Crippen LogP contribution in [0, 0.1) is 6.92 Å². The summed E-state index contributed by atoms with van der Waals surface area (Å²) in [5.74, 6) is 0.721. The summed E-state index contributed by atoms with van der Waals surface area (Å²) >= 11 is 0. The number of hydrogen-bond acceptors (Lipinski definition) is 3. The standard InChI is InChI=1S/C24H20N4O2/c1-16-25-19-10-4-2-8-17(19)24-23(18-9-3-5-11-20(18)28(16)24)26-21(29)13-15-27-14-7-6-12-22(27)30/h2-12,14H,13,15H2,1H3,(H,26,29). The first-order valence-corrected chi connectivity index (χ1v) is 9.87. The van der Waals surface area contributed by atoms with Crippen LogP contribution in [0.5, 0.6) is 0 Å². The number of hydrogen-bond donors (Lipinski definition) is 1. The van der Waals surface area contributed by atoms with Crippen molar-refractivity contribution in [3.05, 3.63) is 89.1 Å². The zero-order chi connectivity index (χ0) is 20.7. The van der Waals surface area contributed by atoms with Crippen molar-refractivity contribution in [2.45, 2.75) is 19.9 Å². The molecule has 5 aromatic rings. The summed E-state index contributed by atoms with van der Waals surface area (Å²) in [6.45, 7) is 2.30. The van der Waals surface area contributed by atoms with Crippen molar-refractivity contribution in [3.8, 4) is 0 Å². The fourth-order valence-electron chi connectivity index (χ4n) is 4.02. The van der Waals surface area contributed by atoms with E-state index in [-0.39, 0.29) is 17.9 Å². The second-order valence-electron chi connectivity index (χ2n) is 7.28. The number of nitrogens with one attached hydrogen (secondary N) is 1. The van der Waals surface area contributed by atoms with E-state index >= 15 is 0 Å². The van der Waals surface area contributed by atoms with E-state index in [4.69, 9.17) is 4.98 Å². The first-order valence-electron chi connectivity index (χ1n) is 9.87. The molecule has 1 N–H and O–H groups in total. The highest BCUT2D eigenvalue weighted by Gasteiger charge is 2.18. The van der Waals surface area contributed by atoms with Gasteiger partial charge in [0.15, 0.2) is 0 Å². The summed E-state index contributed by atoms with van der Waals surface area (Å²) in [4.78, 5) is 29.5. The second-order valence-corrected chi connectivity index (χ2v) is 7.28. The predicted molar refractivity (Wildman–Crippen MR) is 119 cm³/mol. The quantitative estimate of drug-likeness (QED) is 0.496. The minimum absolute atomic E-state index is 0.113. The van der Waals surface area contributed by atoms with E-state index in [0.717, 1.165) is 38.8 Å². The maximum atomic E-state index is 12.9. The highest BCUT2D eigenvalue weighted by atomic mass is 16.1. The molecule has 2 aromatic carbocycles. The SMILES string of the molecule is Cc1nc2ccccc2c2c(NC(=O)CCn3ccccc3=O)c3ccccc3n12. The van der Waals surface area contributed by atoms with Gasteiger partial charge in [0.25, 0.3) is 5.56 Å². The summed E-state index contributed by atoms with van der Waals surface area (Å²) in [6.07, 6.45) is 1.90. The molecule has 0 spiro atoms. The number of aromatic nitrogens is 3. The highest BCUT2D eigenvalue weighted by molar-refractivity contribution is 6.16. The number of aryl methyl sites for hydroxylation is 2. The molecule has 0 unspecified atom stereocenters. The van der Waals surface area contributed by atoms with Gasteiger partial charge in [0.1, 0.15) is 5.82 Å². The molecule has 0 aliphatic heterocycles. The Morgan fingerprint density at radius 3 is 2.53 bits per heavy atom. The lowest BCUT2D eigenvalue weighted by atomic mass is 10.1. The van der Waals surface area contributed by atoms with Gasteiger partial charge >= 0.3 is 0 Å². The van der Waals surface area contributed by atoms with Crippen LogP contribution in [0.4, 0.5) is 5.69 Å². The van der Waals surface area contributed by atoms with E-state index in [1.807, 2.05) is 55.5 Å². The lowest BCUT2D eigenvalue weighted by Crippen LogP contribution is -2.21. The predicted octanol–water partition coefficient (Wildman–Crippen LogP) is 4.14. The number of amides is 1. The van der Waals surface area contributed by atoms with E-state index in [1.54, 1.807) is 22.9 Å². The van der Waals surface area contributed by atoms with Crippen molar-refractivity contribution in [1.29, 1.82) is 0 Å². The van der Waals surface area contributed by atoms with Crippen LogP contribution in [0.1, 0.15) is 12.2 Å². The fraction of sp³-hybridized carbons (Fsp3) is 0.125. The summed E-state index contributed by atoms with van der Waals surface area (Å²) in [6, 6.07) is 20.9. The van der Waals surface area contributed by atoms with Crippen LogP contribution in [-0.2, 0) is 11.3 Å². The molecule has 6 heteroatoms. The lowest BCUT2D eigenvalue weighted by molar-refractivity contribution is -0.116. The molecule has 0 saturated heterocycles. The molecule has 148 valence electrons. The molecule has 0 fully saturated rings. The molecule has 0 radical (unpaired) electrons. The summed E-state index contributed by atoms with van der Waals surface area (Å²) < 4.78 is 3.63. The Labute approximate surface area is 172 Å². The Morgan fingerprint density at radius 2 is 1.70 bits per heavy atom. The number of para-hydroxylation sites is 2. The Bertz CT molecular complexity index is 1480. The number of pyridine rings is 1. The third-order valence-corrected chi connectivity index (χ3v) is 5.38. The first-order chi connectivity index (χ1) is 14.6. The van der Waals surface area contributed by atoms with Crippen LogP contribution < -0.4 is 10.9 Å². The molecule has 0 aliphatic carbocycles. The second kappa shape index (κ2) is 7.15. The van der Waals surface area contributed by atoms with Gasteiger partial charge in [0.2, 0.25) is 5.91 Å². The first kappa shape index (κ1) is 18.1. The Kier molecular flexibility index (Phi) is 4.32. The molecule has 0 atom stereocenters. The van der Waals surface area contributed by atoms with Crippen molar-refractivity contribution >= 4 is 38.9 Å². The normalized spacial score (nSPS) is 11.4. The van der Waals surface area contributed by atoms with E-state index in [1.165, 1.54) is 6.07 Å². The summed E-state index contributed by atoms with van der Waals surface area (Å²) in [5.41, 5.74) is 3.48. The molecule has 3 heterocycles. The van der Waals surface area contributed by atoms with Crippen LogP contribution in [0.25, 0.3) is 27.3 Å². The van der Waals surface area contributed by atoms with Gasteiger partial charge in [-0.25, -0.2) is 4.98 Å². The monoisotopic (exact) mass is 396 g/mol. The van der Waals surface area contributed by atoms with Gasteiger partial charge in [-0.05, 0) is 25.1 Å². The number of anilines is 1. The van der Waals surface area contributed by atoms with E-state index in [9.17, 15) is 9.59 Å². The third kappa shape index (κ3) is 2.93. The van der Waals surface area contributed by atoms with Gasteiger partial charge in [-0.2, -0.15) is 0 Å². The average molecular weight is 396 g/mol. The topological polar surface area (TPSA) is 68.4 Å². The van der Waals surface area contributed by atoms with Crippen LogP contribution in [0.2, 0.25) is 0 Å². The fourth-order valence-corrected chi connectivity index (χ4v) is 4.02. The summed E-state index contributed by atoms with van der Waals surface area (Å²) in [5, 5.41) is 5.06. The van der Waals surface area contributed by atoms with E-state index < -0.39 is 0 Å². The summed E-state index contributed by atoms with van der Waals surface area (Å²) in [7, 11) is 0. The number of benzene rings is 2. The van der Waals surface area contributed by atoms with Crippen molar-refractivity contribution in [2.24, 2.45) is 0 Å². The molecular formula is C24H20N4O2. The molecule has 0 bridgehead atoms. The minimum atomic E-state index is -0.137. The Balaban J connectivity index is 1.61. The maximum absolute atomic E-state index is 12.9. The van der Waals surface area contributed by atoms with Crippen LogP contribution in [-0.4, -0.2) is 19.9 Å². The van der Waals surface area contributed by atoms with E-state index in [2.05, 4.69) is 9.72 Å². The van der Waals surface area contributed by atoms with Gasteiger partial charge in [-0.1, -0.05) is 42.5 Å². The molecule has 30 heavy (non-hydrogen) atoms. The van der Waals surface area contributed by atoms with E-state index in [0.29, 0.717) is 6.54 Å². The van der Waals surface area contributed by atoms with Crippen LogP contribution >= 0.6 is 0 Å². The Hall–Kier alpha value is -3.93. The van der Waals surface area contributed by atoms with Gasteiger partial charge in [0, 0.05) is 36.0 Å². The smallest absolute Gasteiger partial charge is 0.250 e. The van der Waals surface area contributed by atoms with Crippen molar-refractivity contribution < 1.29 is 4.79 Å². The number of fused-ring (bicyclic) bond motifs is 5. The van der Waals surface area contributed by atoms with Gasteiger partial charge in [0.05, 0.1) is 22.2 Å². The molecule has 5 rings (SSSR count). The molecule has 6 nitrogen and oxygen atoms in total. The lowest BCUT2D eigenvalue weighted by Gasteiger charge is -2.09. The number of rotatable bonds is 4. The van der Waals surface area contributed by atoms with Crippen molar-refractivity contribution in [2.75, 3.05) is 5.32 Å². The maximum Gasteiger partial charge on any atom is 0.250 e. The van der Waals surface area contributed by atoms with Crippen molar-refractivity contribution in [3.63, 3.8) is 0 Å². The molecule has 0 aliphatic rings. The zero-order valence-corrected chi connectivity index (χ0v) is 16.5. The molecule has 1 amide bonds. The molecule has 0 saturated carbocycles. The van der Waals surface area contributed by atoms with Crippen LogP contribution in [0.3, 0.4) is 0 Å². The Morgan fingerprint density at radius 1 is 0.967 bits per heavy atom. The van der Waals surface area contributed by atoms with Gasteiger partial charge in [-0.3, -0.25) is 14.0 Å². The molecular weight excluding hydrogens is 376 g/mol. The van der Waals surface area contributed by atoms with Gasteiger partial charge in [-0.15, -0.1) is 0 Å². The number of carbonyl (C=O) groups excluding carboxylic acids is 1. The number of nitrogens with zero attached hydrogens (tertiary/aromatic N) is 3.